The van der Waals surface area contributed by atoms with E-state index in [1.165, 1.54) is 12.8 Å². The van der Waals surface area contributed by atoms with Gasteiger partial charge in [0.2, 0.25) is 0 Å². The van der Waals surface area contributed by atoms with Crippen LogP contribution in [-0.2, 0) is 0 Å². The van der Waals surface area contributed by atoms with Gasteiger partial charge in [-0.3, -0.25) is 0 Å². The van der Waals surface area contributed by atoms with E-state index in [2.05, 4.69) is 16.2 Å². The maximum absolute atomic E-state index is 8.74. The molecule has 8 heavy (non-hydrogen) atoms. The number of hydrogen-bond acceptors (Lipinski definition) is 1. The molecular formula is C6H15OP. The zero-order chi connectivity index (χ0) is 6.41. The van der Waals surface area contributed by atoms with Gasteiger partial charge in [-0.2, -0.15) is 0 Å². The Hall–Kier alpha value is 0.390. The number of hydrogen-bond donors (Lipinski definition) is 1. The topological polar surface area (TPSA) is 20.2 Å². The first-order valence-electron chi connectivity index (χ1n) is 3.21. The van der Waals surface area contributed by atoms with Crippen molar-refractivity contribution in [3.8, 4) is 0 Å². The van der Waals surface area contributed by atoms with Crippen molar-refractivity contribution in [2.45, 2.75) is 38.5 Å². The second kappa shape index (κ2) is 5.53. The van der Waals surface area contributed by atoms with Crippen LogP contribution in [0.2, 0.25) is 0 Å². The summed E-state index contributed by atoms with van der Waals surface area (Å²) in [4.78, 5) is 0. The predicted octanol–water partition coefficient (Wildman–Crippen LogP) is 1.76. The third kappa shape index (κ3) is 6.39. The van der Waals surface area contributed by atoms with Crippen LogP contribution < -0.4 is 0 Å². The quantitative estimate of drug-likeness (QED) is 0.459. The first-order valence-corrected chi connectivity index (χ1v) is 3.87. The van der Waals surface area contributed by atoms with E-state index in [0.717, 1.165) is 12.8 Å². The molecule has 0 saturated carbocycles. The fraction of sp³-hybridized carbons (Fsp3) is 1.00. The average molecular weight is 134 g/mol. The number of rotatable bonds is 4. The summed E-state index contributed by atoms with van der Waals surface area (Å²) in [6, 6.07) is 0. The molecule has 1 N–H and O–H groups in total. The van der Waals surface area contributed by atoms with Crippen LogP contribution >= 0.6 is 9.24 Å². The Morgan fingerprint density at radius 2 is 2.12 bits per heavy atom. The smallest absolute Gasteiger partial charge is 0.0673 e. The summed E-state index contributed by atoms with van der Waals surface area (Å²) in [6.45, 7) is 2.16. The third-order valence-corrected chi connectivity index (χ3v) is 1.44. The van der Waals surface area contributed by atoms with Gasteiger partial charge in [0.05, 0.1) is 5.85 Å². The summed E-state index contributed by atoms with van der Waals surface area (Å²) >= 11 is 0. The number of aliphatic hydroxyl groups excluding tert-OH is 1. The Morgan fingerprint density at radius 3 is 2.50 bits per heavy atom. The lowest BCUT2D eigenvalue weighted by atomic mass is 10.2. The standard InChI is InChI=1S/C6H15OP/c1-2-3-4-5-6(7)8/h6-7H,2-5,8H2,1H3. The molecule has 0 aliphatic rings. The summed E-state index contributed by atoms with van der Waals surface area (Å²) in [5, 5.41) is 8.74. The van der Waals surface area contributed by atoms with Gasteiger partial charge in [-0.1, -0.05) is 26.2 Å². The van der Waals surface area contributed by atoms with Gasteiger partial charge in [0.15, 0.2) is 0 Å². The van der Waals surface area contributed by atoms with Gasteiger partial charge in [0.25, 0.3) is 0 Å². The highest BCUT2D eigenvalue weighted by atomic mass is 31.0. The summed E-state index contributed by atoms with van der Waals surface area (Å²) < 4.78 is 0. The van der Waals surface area contributed by atoms with Crippen LogP contribution in [0.1, 0.15) is 32.6 Å². The van der Waals surface area contributed by atoms with Crippen molar-refractivity contribution in [1.82, 2.24) is 0 Å². The van der Waals surface area contributed by atoms with Crippen LogP contribution in [0.15, 0.2) is 0 Å². The van der Waals surface area contributed by atoms with Crippen LogP contribution in [0.3, 0.4) is 0 Å². The van der Waals surface area contributed by atoms with E-state index < -0.39 is 0 Å². The van der Waals surface area contributed by atoms with Crippen LogP contribution in [0.4, 0.5) is 0 Å². The average Bonchev–Trinajstić information content (AvgIpc) is 1.66. The van der Waals surface area contributed by atoms with Crippen LogP contribution in [0, 0.1) is 0 Å². The summed E-state index contributed by atoms with van der Waals surface area (Å²) in [5.74, 6) is -0.179. The number of aliphatic hydroxyl groups is 1. The van der Waals surface area contributed by atoms with E-state index >= 15 is 0 Å². The normalized spacial score (nSPS) is 13.9. The van der Waals surface area contributed by atoms with Crippen LogP contribution in [-0.4, -0.2) is 11.0 Å². The van der Waals surface area contributed by atoms with Gasteiger partial charge in [-0.25, -0.2) is 0 Å². The molecule has 50 valence electrons. The summed E-state index contributed by atoms with van der Waals surface area (Å²) in [6.07, 6.45) is 4.56. The minimum absolute atomic E-state index is 0.179. The maximum atomic E-state index is 8.74. The Bertz CT molecular complexity index is 45.8. The molecule has 2 atom stereocenters. The monoisotopic (exact) mass is 134 g/mol. The maximum Gasteiger partial charge on any atom is 0.0673 e. The Balaban J connectivity index is 2.72. The summed E-state index contributed by atoms with van der Waals surface area (Å²) in [7, 11) is 2.38. The highest BCUT2D eigenvalue weighted by molar-refractivity contribution is 7.17. The van der Waals surface area contributed by atoms with E-state index in [-0.39, 0.29) is 5.85 Å². The molecule has 1 nitrogen and oxygen atoms in total. The molecule has 0 radical (unpaired) electrons. The molecule has 0 fully saturated rings. The molecule has 0 amide bonds. The van der Waals surface area contributed by atoms with Crippen LogP contribution in [0.25, 0.3) is 0 Å². The molecule has 0 aliphatic heterocycles. The lowest BCUT2D eigenvalue weighted by Crippen LogP contribution is -1.92. The van der Waals surface area contributed by atoms with E-state index in [1.54, 1.807) is 0 Å². The van der Waals surface area contributed by atoms with Crippen molar-refractivity contribution in [1.29, 1.82) is 0 Å². The lowest BCUT2D eigenvalue weighted by molar-refractivity contribution is 0.247. The van der Waals surface area contributed by atoms with Gasteiger partial charge >= 0.3 is 0 Å². The van der Waals surface area contributed by atoms with Gasteiger partial charge in [0, 0.05) is 0 Å². The Morgan fingerprint density at radius 1 is 1.50 bits per heavy atom. The van der Waals surface area contributed by atoms with Crippen molar-refractivity contribution in [2.75, 3.05) is 0 Å². The van der Waals surface area contributed by atoms with Gasteiger partial charge in [-0.15, -0.1) is 9.24 Å². The van der Waals surface area contributed by atoms with Crippen molar-refractivity contribution < 1.29 is 5.11 Å². The van der Waals surface area contributed by atoms with Crippen molar-refractivity contribution in [3.05, 3.63) is 0 Å². The molecule has 0 aromatic rings. The fourth-order valence-electron chi connectivity index (χ4n) is 0.603. The van der Waals surface area contributed by atoms with Crippen molar-refractivity contribution >= 4 is 9.24 Å². The molecule has 2 unspecified atom stereocenters. The molecule has 0 bridgehead atoms. The van der Waals surface area contributed by atoms with Gasteiger partial charge in [0.1, 0.15) is 0 Å². The molecule has 0 rings (SSSR count). The predicted molar refractivity (Wildman–Crippen MR) is 39.9 cm³/mol. The Kier molecular flexibility index (Phi) is 5.79. The molecule has 0 saturated heterocycles. The second-order valence-corrected chi connectivity index (χ2v) is 2.83. The highest BCUT2D eigenvalue weighted by Gasteiger charge is 1.92. The first-order chi connectivity index (χ1) is 3.77. The minimum atomic E-state index is -0.179. The van der Waals surface area contributed by atoms with E-state index in [1.807, 2.05) is 0 Å². The molecule has 0 aliphatic carbocycles. The largest absolute Gasteiger partial charge is 0.389 e. The minimum Gasteiger partial charge on any atom is -0.389 e. The molecule has 0 aromatic carbocycles. The first kappa shape index (κ1) is 8.39. The molecule has 2 heteroatoms. The molecule has 0 aromatic heterocycles. The Labute approximate surface area is 53.7 Å². The number of unbranched alkanes of at least 4 members (excludes halogenated alkanes) is 2. The lowest BCUT2D eigenvalue weighted by Gasteiger charge is -2.00. The molecule has 0 heterocycles. The van der Waals surface area contributed by atoms with E-state index in [9.17, 15) is 0 Å². The van der Waals surface area contributed by atoms with Crippen LogP contribution in [0.5, 0.6) is 0 Å². The highest BCUT2D eigenvalue weighted by Crippen LogP contribution is 2.06. The van der Waals surface area contributed by atoms with E-state index in [4.69, 9.17) is 5.11 Å². The zero-order valence-corrected chi connectivity index (χ0v) is 6.59. The van der Waals surface area contributed by atoms with E-state index in [0.29, 0.717) is 0 Å². The summed E-state index contributed by atoms with van der Waals surface area (Å²) in [5.41, 5.74) is 0. The SMILES string of the molecule is CCCCCC(O)P. The van der Waals surface area contributed by atoms with Gasteiger partial charge in [-0.05, 0) is 6.42 Å². The molecular weight excluding hydrogens is 119 g/mol. The van der Waals surface area contributed by atoms with Crippen molar-refractivity contribution in [2.24, 2.45) is 0 Å². The third-order valence-electron chi connectivity index (χ3n) is 1.10. The second-order valence-electron chi connectivity index (χ2n) is 2.06. The van der Waals surface area contributed by atoms with Gasteiger partial charge < -0.3 is 5.11 Å². The molecule has 0 spiro atoms. The fourth-order valence-corrected chi connectivity index (χ4v) is 0.839. The van der Waals surface area contributed by atoms with Crippen molar-refractivity contribution in [3.63, 3.8) is 0 Å². The zero-order valence-electron chi connectivity index (χ0n) is 5.43.